The standard InChI is InChI=1S/C28H25N5O3/c1-20(35-27-4-2-3-15-34-27)28-30-13-14-33(28)19-25-16-26(36-32-25)23-10-7-21(8-11-23)5-6-22-9-12-24(17-29)31-18-22/h7-14,16,18,20,27H,2-4,15,19H2,1H3. The van der Waals surface area contributed by atoms with E-state index in [9.17, 15) is 0 Å². The summed E-state index contributed by atoms with van der Waals surface area (Å²) in [6.07, 6.45) is 8.04. The van der Waals surface area contributed by atoms with Gasteiger partial charge in [-0.25, -0.2) is 9.97 Å². The second kappa shape index (κ2) is 11.0. The van der Waals surface area contributed by atoms with Crippen LogP contribution in [-0.4, -0.2) is 32.6 Å². The number of pyridine rings is 1. The monoisotopic (exact) mass is 479 g/mol. The number of hydrogen-bond acceptors (Lipinski definition) is 7. The summed E-state index contributed by atoms with van der Waals surface area (Å²) in [5.74, 6) is 7.67. The Morgan fingerprint density at radius 1 is 1.11 bits per heavy atom. The van der Waals surface area contributed by atoms with Gasteiger partial charge in [-0.1, -0.05) is 17.0 Å². The first-order valence-electron chi connectivity index (χ1n) is 11.9. The largest absolute Gasteiger partial charge is 0.356 e. The molecule has 8 nitrogen and oxygen atoms in total. The molecule has 0 amide bonds. The zero-order valence-electron chi connectivity index (χ0n) is 19.9. The van der Waals surface area contributed by atoms with Gasteiger partial charge < -0.3 is 18.6 Å². The molecule has 1 fully saturated rings. The molecule has 0 radical (unpaired) electrons. The minimum absolute atomic E-state index is 0.175. The summed E-state index contributed by atoms with van der Waals surface area (Å²) in [6, 6.07) is 15.1. The van der Waals surface area contributed by atoms with Crippen molar-refractivity contribution in [3.05, 3.63) is 89.4 Å². The lowest BCUT2D eigenvalue weighted by molar-refractivity contribution is -0.188. The van der Waals surface area contributed by atoms with E-state index in [-0.39, 0.29) is 12.4 Å². The summed E-state index contributed by atoms with van der Waals surface area (Å²) in [5, 5.41) is 13.1. The van der Waals surface area contributed by atoms with Gasteiger partial charge in [0.25, 0.3) is 0 Å². The highest BCUT2D eigenvalue weighted by Gasteiger charge is 2.21. The van der Waals surface area contributed by atoms with Crippen LogP contribution in [0.5, 0.6) is 0 Å². The van der Waals surface area contributed by atoms with Crippen molar-refractivity contribution in [2.24, 2.45) is 0 Å². The Hall–Kier alpha value is -4.24. The molecule has 1 aromatic carbocycles. The summed E-state index contributed by atoms with van der Waals surface area (Å²) in [7, 11) is 0. The normalized spacial score (nSPS) is 16.1. The van der Waals surface area contributed by atoms with Crippen molar-refractivity contribution >= 4 is 0 Å². The molecule has 3 aromatic heterocycles. The SMILES string of the molecule is CC(OC1CCCCO1)c1nccn1Cc1cc(-c2ccc(C#Cc3ccc(C#N)nc3)cc2)on1. The third kappa shape index (κ3) is 5.69. The average Bonchev–Trinajstić information content (AvgIpc) is 3.59. The first-order valence-corrected chi connectivity index (χ1v) is 11.9. The topological polar surface area (TPSA) is 99.0 Å². The lowest BCUT2D eigenvalue weighted by Gasteiger charge is -2.26. The van der Waals surface area contributed by atoms with Gasteiger partial charge in [0.05, 0.1) is 6.54 Å². The van der Waals surface area contributed by atoms with Crippen LogP contribution in [0.15, 0.2) is 65.6 Å². The summed E-state index contributed by atoms with van der Waals surface area (Å²) in [5.41, 5.74) is 3.70. The fourth-order valence-corrected chi connectivity index (χ4v) is 4.01. The maximum absolute atomic E-state index is 8.84. The van der Waals surface area contributed by atoms with Crippen molar-refractivity contribution in [1.82, 2.24) is 19.7 Å². The van der Waals surface area contributed by atoms with E-state index in [1.165, 1.54) is 0 Å². The highest BCUT2D eigenvalue weighted by molar-refractivity contribution is 5.59. The second-order valence-corrected chi connectivity index (χ2v) is 8.54. The van der Waals surface area contributed by atoms with Gasteiger partial charge in [-0.2, -0.15) is 5.26 Å². The van der Waals surface area contributed by atoms with E-state index in [4.69, 9.17) is 19.3 Å². The van der Waals surface area contributed by atoms with Crippen LogP contribution < -0.4 is 0 Å². The molecule has 1 aliphatic heterocycles. The predicted molar refractivity (Wildman–Crippen MR) is 131 cm³/mol. The maximum atomic E-state index is 8.84. The van der Waals surface area contributed by atoms with E-state index in [1.54, 1.807) is 24.5 Å². The summed E-state index contributed by atoms with van der Waals surface area (Å²) >= 11 is 0. The molecule has 0 spiro atoms. The van der Waals surface area contributed by atoms with Crippen LogP contribution in [-0.2, 0) is 16.0 Å². The lowest BCUT2D eigenvalue weighted by Crippen LogP contribution is -2.24. The van der Waals surface area contributed by atoms with Gasteiger partial charge in [0.15, 0.2) is 12.1 Å². The average molecular weight is 480 g/mol. The van der Waals surface area contributed by atoms with E-state index in [0.29, 0.717) is 18.0 Å². The zero-order valence-corrected chi connectivity index (χ0v) is 19.9. The molecular formula is C28H25N5O3. The fourth-order valence-electron chi connectivity index (χ4n) is 4.01. The number of nitrogens with zero attached hydrogens (tertiary/aromatic N) is 5. The van der Waals surface area contributed by atoms with Crippen LogP contribution in [0.3, 0.4) is 0 Å². The number of nitriles is 1. The lowest BCUT2D eigenvalue weighted by atomic mass is 10.1. The number of hydrogen-bond donors (Lipinski definition) is 0. The van der Waals surface area contributed by atoms with Crippen LogP contribution >= 0.6 is 0 Å². The molecule has 5 rings (SSSR count). The van der Waals surface area contributed by atoms with Crippen molar-refractivity contribution in [1.29, 1.82) is 5.26 Å². The van der Waals surface area contributed by atoms with E-state index in [0.717, 1.165) is 54.1 Å². The van der Waals surface area contributed by atoms with Gasteiger partial charge in [-0.05, 0) is 62.6 Å². The van der Waals surface area contributed by atoms with E-state index < -0.39 is 0 Å². The molecular weight excluding hydrogens is 454 g/mol. The highest BCUT2D eigenvalue weighted by atomic mass is 16.7. The van der Waals surface area contributed by atoms with Crippen LogP contribution in [0, 0.1) is 23.2 Å². The number of rotatable bonds is 6. The Kier molecular flexibility index (Phi) is 7.18. The minimum atomic E-state index is -0.191. The molecule has 2 atom stereocenters. The Morgan fingerprint density at radius 3 is 2.69 bits per heavy atom. The summed E-state index contributed by atoms with van der Waals surface area (Å²) in [6.45, 7) is 3.27. The predicted octanol–water partition coefficient (Wildman–Crippen LogP) is 4.86. The van der Waals surface area contributed by atoms with Gasteiger partial charge in [-0.15, -0.1) is 0 Å². The van der Waals surface area contributed by atoms with Crippen molar-refractivity contribution in [2.45, 2.75) is 45.1 Å². The maximum Gasteiger partial charge on any atom is 0.167 e. The van der Waals surface area contributed by atoms with Crippen LogP contribution in [0.4, 0.5) is 0 Å². The van der Waals surface area contributed by atoms with Gasteiger partial charge in [0.2, 0.25) is 0 Å². The fraction of sp³-hybridized carbons (Fsp3) is 0.286. The molecule has 0 aliphatic carbocycles. The van der Waals surface area contributed by atoms with Crippen molar-refractivity contribution in [3.8, 4) is 29.2 Å². The van der Waals surface area contributed by atoms with Crippen molar-refractivity contribution < 1.29 is 14.0 Å². The highest BCUT2D eigenvalue weighted by Crippen LogP contribution is 2.25. The van der Waals surface area contributed by atoms with Gasteiger partial charge in [0, 0.05) is 48.0 Å². The van der Waals surface area contributed by atoms with Crippen LogP contribution in [0.1, 0.15) is 60.6 Å². The molecule has 1 saturated heterocycles. The van der Waals surface area contributed by atoms with E-state index >= 15 is 0 Å². The summed E-state index contributed by atoms with van der Waals surface area (Å²) < 4.78 is 19.4. The van der Waals surface area contributed by atoms with Crippen LogP contribution in [0.2, 0.25) is 0 Å². The van der Waals surface area contributed by atoms with Crippen molar-refractivity contribution in [2.75, 3.05) is 6.61 Å². The molecule has 4 heterocycles. The first kappa shape index (κ1) is 23.5. The minimum Gasteiger partial charge on any atom is -0.356 e. The third-order valence-corrected chi connectivity index (χ3v) is 5.90. The van der Waals surface area contributed by atoms with Gasteiger partial charge in [0.1, 0.15) is 29.4 Å². The Balaban J connectivity index is 1.23. The summed E-state index contributed by atoms with van der Waals surface area (Å²) in [4.78, 5) is 8.53. The molecule has 1 aliphatic rings. The Bertz CT molecular complexity index is 1400. The molecule has 0 N–H and O–H groups in total. The zero-order chi connectivity index (χ0) is 24.7. The smallest absolute Gasteiger partial charge is 0.167 e. The number of benzene rings is 1. The number of aromatic nitrogens is 4. The number of ether oxygens (including phenoxy) is 2. The van der Waals surface area contributed by atoms with Gasteiger partial charge in [-0.3, -0.25) is 0 Å². The number of imidazole rings is 1. The molecule has 0 bridgehead atoms. The molecule has 2 unspecified atom stereocenters. The molecule has 8 heteroatoms. The van der Waals surface area contributed by atoms with Gasteiger partial charge >= 0.3 is 0 Å². The molecule has 180 valence electrons. The quantitative estimate of drug-likeness (QED) is 0.364. The van der Waals surface area contributed by atoms with E-state index in [1.807, 2.05) is 54.1 Å². The first-order chi connectivity index (χ1) is 17.7. The Morgan fingerprint density at radius 2 is 1.94 bits per heavy atom. The Labute approximate surface area is 209 Å². The molecule has 0 saturated carbocycles. The molecule has 36 heavy (non-hydrogen) atoms. The second-order valence-electron chi connectivity index (χ2n) is 8.54. The third-order valence-electron chi connectivity index (χ3n) is 5.90. The van der Waals surface area contributed by atoms with E-state index in [2.05, 4.69) is 27.0 Å². The van der Waals surface area contributed by atoms with Crippen LogP contribution in [0.25, 0.3) is 11.3 Å². The molecule has 4 aromatic rings. The van der Waals surface area contributed by atoms with Crippen molar-refractivity contribution in [3.63, 3.8) is 0 Å².